The summed E-state index contributed by atoms with van der Waals surface area (Å²) in [6, 6.07) is 2.72. The Kier molecular flexibility index (Phi) is 6.59. The first-order chi connectivity index (χ1) is 16.9. The minimum Gasteiger partial charge on any atom is -0.503 e. The highest BCUT2D eigenvalue weighted by Gasteiger charge is 2.52. The van der Waals surface area contributed by atoms with E-state index in [4.69, 9.17) is 0 Å². The van der Waals surface area contributed by atoms with Crippen molar-refractivity contribution in [1.29, 1.82) is 0 Å². The highest BCUT2D eigenvalue weighted by molar-refractivity contribution is 5.99. The molecule has 3 N–H and O–H groups in total. The Labute approximate surface area is 206 Å². The molecule has 1 aromatic heterocycles. The first-order valence-corrected chi connectivity index (χ1v) is 11.7. The molecule has 0 bridgehead atoms. The third-order valence-corrected chi connectivity index (χ3v) is 6.92. The molecule has 0 unspecified atom stereocenters. The molecule has 4 rings (SSSR count). The first-order valence-electron chi connectivity index (χ1n) is 11.7. The van der Waals surface area contributed by atoms with Crippen LogP contribution >= 0.6 is 0 Å². The zero-order valence-corrected chi connectivity index (χ0v) is 20.2. The normalized spacial score (nSPS) is 20.8. The summed E-state index contributed by atoms with van der Waals surface area (Å²) in [6.45, 7) is 5.55. The van der Waals surface area contributed by atoms with Crippen molar-refractivity contribution < 1.29 is 28.3 Å². The molecule has 1 aromatic carbocycles. The monoisotopic (exact) mass is 502 g/mol. The van der Waals surface area contributed by atoms with Crippen LogP contribution in [0.1, 0.15) is 60.0 Å². The molecule has 0 radical (unpaired) electrons. The Hall–Kier alpha value is -3.76. The minimum atomic E-state index is -1.01. The predicted octanol–water partition coefficient (Wildman–Crippen LogP) is 1.87. The fourth-order valence-corrected chi connectivity index (χ4v) is 5.07. The van der Waals surface area contributed by atoms with Gasteiger partial charge in [-0.1, -0.05) is 6.07 Å². The lowest BCUT2D eigenvalue weighted by atomic mass is 9.66. The molecule has 192 valence electrons. The summed E-state index contributed by atoms with van der Waals surface area (Å²) < 4.78 is 28.6. The lowest BCUT2D eigenvalue weighted by Gasteiger charge is -2.55. The van der Waals surface area contributed by atoms with E-state index in [2.05, 4.69) is 10.6 Å². The Morgan fingerprint density at radius 1 is 1.19 bits per heavy atom. The highest BCUT2D eigenvalue weighted by Crippen LogP contribution is 2.48. The van der Waals surface area contributed by atoms with E-state index >= 15 is 0 Å². The first kappa shape index (κ1) is 25.3. The molecule has 2 aromatic rings. The molecule has 36 heavy (non-hydrogen) atoms. The average Bonchev–Trinajstić information content (AvgIpc) is 2.78. The van der Waals surface area contributed by atoms with Gasteiger partial charge >= 0.3 is 0 Å². The van der Waals surface area contributed by atoms with E-state index in [1.807, 2.05) is 13.8 Å². The molecule has 11 heteroatoms. The molecule has 1 aliphatic carbocycles. The maximum absolute atomic E-state index is 14.0. The van der Waals surface area contributed by atoms with Gasteiger partial charge < -0.3 is 25.2 Å². The topological polar surface area (TPSA) is 121 Å². The third kappa shape index (κ3) is 4.45. The predicted molar refractivity (Wildman–Crippen MR) is 125 cm³/mol. The molecule has 3 amide bonds. The molecule has 2 heterocycles. The summed E-state index contributed by atoms with van der Waals surface area (Å²) in [5.41, 5.74) is -2.24. The van der Waals surface area contributed by atoms with Crippen LogP contribution in [0.25, 0.3) is 0 Å². The van der Waals surface area contributed by atoms with Gasteiger partial charge in [0.1, 0.15) is 17.2 Å². The Morgan fingerprint density at radius 2 is 1.89 bits per heavy atom. The molecule has 9 nitrogen and oxygen atoms in total. The van der Waals surface area contributed by atoms with Crippen LogP contribution in [0, 0.1) is 17.6 Å². The molecule has 1 spiro atoms. The van der Waals surface area contributed by atoms with Gasteiger partial charge in [-0.05, 0) is 38.7 Å². The van der Waals surface area contributed by atoms with E-state index < -0.39 is 45.7 Å². The van der Waals surface area contributed by atoms with E-state index in [1.54, 1.807) is 4.90 Å². The Bertz CT molecular complexity index is 1300. The molecule has 0 saturated heterocycles. The van der Waals surface area contributed by atoms with Gasteiger partial charge in [0.15, 0.2) is 11.4 Å². The molecule has 2 aliphatic rings. The van der Waals surface area contributed by atoms with E-state index in [9.17, 15) is 33.1 Å². The van der Waals surface area contributed by atoms with Crippen molar-refractivity contribution >= 4 is 17.7 Å². The van der Waals surface area contributed by atoms with E-state index in [0.29, 0.717) is 32.0 Å². The summed E-state index contributed by atoms with van der Waals surface area (Å²) in [5.74, 6) is -3.86. The SMILES string of the molecule is CC(=O)NCC1CC2(C1)CN(C(C)C)C(=O)c1c(O)c(=O)c(C(=O)NCc3ccc(F)cc3F)cn12. The second kappa shape index (κ2) is 9.36. The third-order valence-electron chi connectivity index (χ3n) is 6.92. The number of aromatic hydroxyl groups is 1. The Morgan fingerprint density at radius 3 is 2.50 bits per heavy atom. The van der Waals surface area contributed by atoms with Gasteiger partial charge in [-0.2, -0.15) is 0 Å². The quantitative estimate of drug-likeness (QED) is 0.557. The zero-order chi connectivity index (χ0) is 26.4. The van der Waals surface area contributed by atoms with Crippen molar-refractivity contribution in [2.75, 3.05) is 13.1 Å². The number of pyridine rings is 1. The van der Waals surface area contributed by atoms with Gasteiger partial charge in [-0.15, -0.1) is 0 Å². The smallest absolute Gasteiger partial charge is 0.274 e. The van der Waals surface area contributed by atoms with E-state index in [1.165, 1.54) is 23.8 Å². The lowest BCUT2D eigenvalue weighted by Crippen LogP contribution is -2.62. The fourth-order valence-electron chi connectivity index (χ4n) is 5.07. The number of nitrogens with one attached hydrogen (secondary N) is 2. The van der Waals surface area contributed by atoms with Crippen LogP contribution in [0.4, 0.5) is 8.78 Å². The summed E-state index contributed by atoms with van der Waals surface area (Å²) >= 11 is 0. The minimum absolute atomic E-state index is 0.0195. The molecular weight excluding hydrogens is 474 g/mol. The number of halogens is 2. The molecular formula is C25H28F2N4O5. The van der Waals surface area contributed by atoms with Crippen LogP contribution in [0.2, 0.25) is 0 Å². The maximum Gasteiger partial charge on any atom is 0.274 e. The summed E-state index contributed by atoms with van der Waals surface area (Å²) in [5, 5.41) is 16.0. The zero-order valence-electron chi connectivity index (χ0n) is 20.2. The van der Waals surface area contributed by atoms with Crippen LogP contribution in [-0.2, 0) is 16.9 Å². The number of carbonyl (C=O) groups is 3. The van der Waals surface area contributed by atoms with Crippen molar-refractivity contribution in [1.82, 2.24) is 20.1 Å². The number of amides is 3. The lowest BCUT2D eigenvalue weighted by molar-refractivity contribution is -0.119. The summed E-state index contributed by atoms with van der Waals surface area (Å²) in [6.07, 6.45) is 2.39. The highest BCUT2D eigenvalue weighted by atomic mass is 19.1. The van der Waals surface area contributed by atoms with Gasteiger partial charge in [-0.3, -0.25) is 19.2 Å². The maximum atomic E-state index is 14.0. The number of benzene rings is 1. The van der Waals surface area contributed by atoms with Crippen molar-refractivity contribution in [3.63, 3.8) is 0 Å². The average molecular weight is 503 g/mol. The van der Waals surface area contributed by atoms with Gasteiger partial charge in [-0.25, -0.2) is 8.78 Å². The largest absolute Gasteiger partial charge is 0.503 e. The van der Waals surface area contributed by atoms with E-state index in [0.717, 1.165) is 6.07 Å². The number of hydrogen-bond donors (Lipinski definition) is 3. The van der Waals surface area contributed by atoms with Crippen molar-refractivity contribution in [3.8, 4) is 5.75 Å². The van der Waals surface area contributed by atoms with Crippen LogP contribution < -0.4 is 16.1 Å². The summed E-state index contributed by atoms with van der Waals surface area (Å²) in [4.78, 5) is 51.9. The van der Waals surface area contributed by atoms with Gasteiger partial charge in [0.25, 0.3) is 11.8 Å². The number of fused-ring (bicyclic) bond motifs is 2. The number of hydrogen-bond acceptors (Lipinski definition) is 5. The molecule has 1 saturated carbocycles. The van der Waals surface area contributed by atoms with Crippen LogP contribution in [0.3, 0.4) is 0 Å². The molecule has 0 atom stereocenters. The van der Waals surface area contributed by atoms with Crippen molar-refractivity contribution in [3.05, 3.63) is 63.1 Å². The van der Waals surface area contributed by atoms with Crippen molar-refractivity contribution in [2.24, 2.45) is 5.92 Å². The van der Waals surface area contributed by atoms with E-state index in [-0.39, 0.29) is 35.7 Å². The number of nitrogens with zero attached hydrogens (tertiary/aromatic N) is 2. The molecule has 1 fully saturated rings. The van der Waals surface area contributed by atoms with Gasteiger partial charge in [0.2, 0.25) is 11.3 Å². The number of aromatic nitrogens is 1. The van der Waals surface area contributed by atoms with Crippen LogP contribution in [0.15, 0.2) is 29.2 Å². The second-order valence-electron chi connectivity index (χ2n) is 9.82. The van der Waals surface area contributed by atoms with Gasteiger partial charge in [0.05, 0.1) is 5.54 Å². The molecule has 1 aliphatic heterocycles. The van der Waals surface area contributed by atoms with Gasteiger partial charge in [0, 0.05) is 50.4 Å². The summed E-state index contributed by atoms with van der Waals surface area (Å²) in [7, 11) is 0. The second-order valence-corrected chi connectivity index (χ2v) is 9.82. The van der Waals surface area contributed by atoms with Crippen LogP contribution in [0.5, 0.6) is 5.75 Å². The fraction of sp³-hybridized carbons (Fsp3) is 0.440. The Balaban J connectivity index is 1.68. The van der Waals surface area contributed by atoms with Crippen molar-refractivity contribution in [2.45, 2.75) is 51.7 Å². The standard InChI is InChI=1S/C25H28F2N4O5/c1-13(2)30-12-25(7-15(8-25)9-28-14(3)32)31-11-18(21(33)22(34)20(31)24(30)36)23(35)29-10-16-4-5-17(26)6-19(16)27/h4-6,11,13,15,34H,7-10,12H2,1-3H3,(H,28,32)(H,29,35). The number of rotatable bonds is 6. The number of carbonyl (C=O) groups excluding carboxylic acids is 3. The van der Waals surface area contributed by atoms with Crippen LogP contribution in [-0.4, -0.2) is 51.4 Å².